The number of piperidine rings is 1. The van der Waals surface area contributed by atoms with Gasteiger partial charge < -0.3 is 15.3 Å². The van der Waals surface area contributed by atoms with Crippen LogP contribution in [0.5, 0.6) is 0 Å². The maximum Gasteiger partial charge on any atom is 0.0556 e. The molecule has 0 saturated carbocycles. The highest BCUT2D eigenvalue weighted by Crippen LogP contribution is 2.25. The van der Waals surface area contributed by atoms with Gasteiger partial charge in [0.05, 0.1) is 6.61 Å². The van der Waals surface area contributed by atoms with E-state index in [-0.39, 0.29) is 6.61 Å². The Labute approximate surface area is 116 Å². The predicted molar refractivity (Wildman–Crippen MR) is 80.7 cm³/mol. The molecule has 19 heavy (non-hydrogen) atoms. The SMILES string of the molecule is CCC1CC(NCCO)CN(c2ccc(C)cc2)C1. The lowest BCUT2D eigenvalue weighted by atomic mass is 9.91. The molecular formula is C16H26N2O. The van der Waals surface area contributed by atoms with E-state index in [1.165, 1.54) is 24.1 Å². The minimum Gasteiger partial charge on any atom is -0.395 e. The van der Waals surface area contributed by atoms with Gasteiger partial charge in [-0.05, 0) is 31.4 Å². The normalized spacial score (nSPS) is 23.6. The molecule has 3 heteroatoms. The van der Waals surface area contributed by atoms with Gasteiger partial charge in [0.15, 0.2) is 0 Å². The molecule has 0 bridgehead atoms. The maximum absolute atomic E-state index is 8.96. The Bertz CT molecular complexity index is 377. The van der Waals surface area contributed by atoms with Gasteiger partial charge in [-0.15, -0.1) is 0 Å². The largest absolute Gasteiger partial charge is 0.395 e. The molecule has 2 rings (SSSR count). The molecular weight excluding hydrogens is 236 g/mol. The van der Waals surface area contributed by atoms with Gasteiger partial charge in [-0.2, -0.15) is 0 Å². The van der Waals surface area contributed by atoms with Crippen LogP contribution in [-0.4, -0.2) is 37.4 Å². The number of hydrogen-bond donors (Lipinski definition) is 2. The van der Waals surface area contributed by atoms with Gasteiger partial charge in [0.1, 0.15) is 0 Å². The van der Waals surface area contributed by atoms with Crippen molar-refractivity contribution in [1.29, 1.82) is 0 Å². The highest BCUT2D eigenvalue weighted by molar-refractivity contribution is 5.48. The first-order valence-corrected chi connectivity index (χ1v) is 7.38. The Balaban J connectivity index is 2.04. The molecule has 1 fully saturated rings. The molecule has 2 atom stereocenters. The summed E-state index contributed by atoms with van der Waals surface area (Å²) in [6.07, 6.45) is 2.44. The van der Waals surface area contributed by atoms with E-state index >= 15 is 0 Å². The summed E-state index contributed by atoms with van der Waals surface area (Å²) in [4.78, 5) is 2.48. The van der Waals surface area contributed by atoms with Crippen LogP contribution in [0.2, 0.25) is 0 Å². The lowest BCUT2D eigenvalue weighted by Gasteiger charge is -2.39. The minimum atomic E-state index is 0.220. The van der Waals surface area contributed by atoms with Crippen molar-refractivity contribution in [1.82, 2.24) is 5.32 Å². The Morgan fingerprint density at radius 1 is 1.26 bits per heavy atom. The van der Waals surface area contributed by atoms with Crippen molar-refractivity contribution >= 4 is 5.69 Å². The number of aliphatic hydroxyl groups excluding tert-OH is 1. The fraction of sp³-hybridized carbons (Fsp3) is 0.625. The van der Waals surface area contributed by atoms with Crippen molar-refractivity contribution in [3.8, 4) is 0 Å². The second kappa shape index (κ2) is 6.92. The lowest BCUT2D eigenvalue weighted by molar-refractivity contribution is 0.265. The second-order valence-electron chi connectivity index (χ2n) is 5.63. The van der Waals surface area contributed by atoms with E-state index in [1.807, 2.05) is 0 Å². The fourth-order valence-corrected chi connectivity index (χ4v) is 2.88. The molecule has 1 aliphatic heterocycles. The molecule has 0 aromatic heterocycles. The first-order valence-electron chi connectivity index (χ1n) is 7.38. The number of aliphatic hydroxyl groups is 1. The highest BCUT2D eigenvalue weighted by atomic mass is 16.3. The van der Waals surface area contributed by atoms with E-state index in [1.54, 1.807) is 0 Å². The number of anilines is 1. The van der Waals surface area contributed by atoms with Crippen LogP contribution in [0.15, 0.2) is 24.3 Å². The Hall–Kier alpha value is -1.06. The van der Waals surface area contributed by atoms with Crippen LogP contribution in [0.4, 0.5) is 5.69 Å². The third kappa shape index (κ3) is 3.95. The summed E-state index contributed by atoms with van der Waals surface area (Å²) in [5, 5.41) is 12.4. The number of hydrogen-bond acceptors (Lipinski definition) is 3. The molecule has 1 aliphatic rings. The summed E-state index contributed by atoms with van der Waals surface area (Å²) in [7, 11) is 0. The summed E-state index contributed by atoms with van der Waals surface area (Å²) >= 11 is 0. The van der Waals surface area contributed by atoms with Crippen LogP contribution < -0.4 is 10.2 Å². The molecule has 1 aromatic carbocycles. The third-order valence-electron chi connectivity index (χ3n) is 4.06. The quantitative estimate of drug-likeness (QED) is 0.854. The van der Waals surface area contributed by atoms with E-state index < -0.39 is 0 Å². The van der Waals surface area contributed by atoms with Crippen molar-refractivity contribution in [2.75, 3.05) is 31.1 Å². The van der Waals surface area contributed by atoms with Crippen LogP contribution >= 0.6 is 0 Å². The van der Waals surface area contributed by atoms with Crippen LogP contribution in [0.1, 0.15) is 25.3 Å². The number of aryl methyl sites for hydroxylation is 1. The molecule has 2 unspecified atom stereocenters. The van der Waals surface area contributed by atoms with Crippen LogP contribution in [0, 0.1) is 12.8 Å². The second-order valence-corrected chi connectivity index (χ2v) is 5.63. The molecule has 0 aliphatic carbocycles. The van der Waals surface area contributed by atoms with E-state index in [0.717, 1.165) is 19.0 Å². The van der Waals surface area contributed by atoms with Gasteiger partial charge in [-0.3, -0.25) is 0 Å². The Morgan fingerprint density at radius 3 is 2.63 bits per heavy atom. The molecule has 0 radical (unpaired) electrons. The van der Waals surface area contributed by atoms with Gasteiger partial charge >= 0.3 is 0 Å². The zero-order valence-corrected chi connectivity index (χ0v) is 12.1. The Morgan fingerprint density at radius 2 is 2.00 bits per heavy atom. The average molecular weight is 262 g/mol. The maximum atomic E-state index is 8.96. The number of rotatable bonds is 5. The van der Waals surface area contributed by atoms with Crippen LogP contribution in [0.25, 0.3) is 0 Å². The number of benzene rings is 1. The van der Waals surface area contributed by atoms with Crippen LogP contribution in [0.3, 0.4) is 0 Å². The highest BCUT2D eigenvalue weighted by Gasteiger charge is 2.25. The zero-order valence-electron chi connectivity index (χ0n) is 12.1. The zero-order chi connectivity index (χ0) is 13.7. The Kier molecular flexibility index (Phi) is 5.23. The summed E-state index contributed by atoms with van der Waals surface area (Å²) in [5.41, 5.74) is 2.63. The van der Waals surface area contributed by atoms with E-state index in [0.29, 0.717) is 12.6 Å². The third-order valence-corrected chi connectivity index (χ3v) is 4.06. The monoisotopic (exact) mass is 262 g/mol. The van der Waals surface area contributed by atoms with Crippen LogP contribution in [-0.2, 0) is 0 Å². The molecule has 106 valence electrons. The predicted octanol–water partition coefficient (Wildman–Crippen LogP) is 2.18. The van der Waals surface area contributed by atoms with Gasteiger partial charge in [0.2, 0.25) is 0 Å². The number of nitrogens with one attached hydrogen (secondary N) is 1. The molecule has 0 amide bonds. The standard InChI is InChI=1S/C16H26N2O/c1-3-14-10-15(17-8-9-19)12-18(11-14)16-6-4-13(2)5-7-16/h4-7,14-15,17,19H,3,8-12H2,1-2H3. The van der Waals surface area contributed by atoms with Gasteiger partial charge in [0.25, 0.3) is 0 Å². The van der Waals surface area contributed by atoms with Crippen molar-refractivity contribution in [2.45, 2.75) is 32.7 Å². The van der Waals surface area contributed by atoms with Crippen molar-refractivity contribution in [2.24, 2.45) is 5.92 Å². The van der Waals surface area contributed by atoms with E-state index in [9.17, 15) is 0 Å². The topological polar surface area (TPSA) is 35.5 Å². The summed E-state index contributed by atoms with van der Waals surface area (Å²) in [6, 6.07) is 9.29. The molecule has 1 aromatic rings. The van der Waals surface area contributed by atoms with Crippen molar-refractivity contribution in [3.63, 3.8) is 0 Å². The molecule has 3 nitrogen and oxygen atoms in total. The summed E-state index contributed by atoms with van der Waals surface area (Å²) in [6.45, 7) is 7.50. The smallest absolute Gasteiger partial charge is 0.0556 e. The molecule has 0 spiro atoms. The fourth-order valence-electron chi connectivity index (χ4n) is 2.88. The van der Waals surface area contributed by atoms with Gasteiger partial charge in [-0.1, -0.05) is 31.0 Å². The lowest BCUT2D eigenvalue weighted by Crippen LogP contribution is -2.49. The van der Waals surface area contributed by atoms with E-state index in [4.69, 9.17) is 5.11 Å². The minimum absolute atomic E-state index is 0.220. The number of nitrogens with zero attached hydrogens (tertiary/aromatic N) is 1. The summed E-state index contributed by atoms with van der Waals surface area (Å²) < 4.78 is 0. The molecule has 1 saturated heterocycles. The van der Waals surface area contributed by atoms with Gasteiger partial charge in [-0.25, -0.2) is 0 Å². The molecule has 2 N–H and O–H groups in total. The first-order chi connectivity index (χ1) is 9.22. The van der Waals surface area contributed by atoms with Gasteiger partial charge in [0, 0.05) is 31.4 Å². The van der Waals surface area contributed by atoms with Crippen molar-refractivity contribution < 1.29 is 5.11 Å². The first kappa shape index (κ1) is 14.4. The molecule has 1 heterocycles. The van der Waals surface area contributed by atoms with Crippen molar-refractivity contribution in [3.05, 3.63) is 29.8 Å². The summed E-state index contributed by atoms with van der Waals surface area (Å²) in [5.74, 6) is 0.742. The average Bonchev–Trinajstić information content (AvgIpc) is 2.45. The van der Waals surface area contributed by atoms with E-state index in [2.05, 4.69) is 48.3 Å².